The van der Waals surface area contributed by atoms with Gasteiger partial charge in [0.2, 0.25) is 0 Å². The first-order valence-electron chi connectivity index (χ1n) is 12.0. The number of halogens is 3. The van der Waals surface area contributed by atoms with Gasteiger partial charge in [-0.1, -0.05) is 60.2 Å². The summed E-state index contributed by atoms with van der Waals surface area (Å²) < 4.78 is 28.6. The fourth-order valence-electron chi connectivity index (χ4n) is 4.39. The van der Waals surface area contributed by atoms with Gasteiger partial charge in [0.05, 0.1) is 22.9 Å². The Labute approximate surface area is 223 Å². The van der Waals surface area contributed by atoms with E-state index in [0.29, 0.717) is 5.02 Å². The number of pyridine rings is 1. The first-order chi connectivity index (χ1) is 18.5. The van der Waals surface area contributed by atoms with E-state index in [0.717, 1.165) is 49.7 Å². The fourth-order valence-corrected chi connectivity index (χ4v) is 4.52. The second-order valence-electron chi connectivity index (χ2n) is 8.87. The van der Waals surface area contributed by atoms with Gasteiger partial charge >= 0.3 is 0 Å². The van der Waals surface area contributed by atoms with E-state index in [-0.39, 0.29) is 11.6 Å². The van der Waals surface area contributed by atoms with E-state index in [9.17, 15) is 8.78 Å². The van der Waals surface area contributed by atoms with Crippen molar-refractivity contribution in [3.8, 4) is 5.69 Å². The zero-order chi connectivity index (χ0) is 26.1. The molecular weight excluding hydrogens is 500 g/mol. The first-order valence-corrected chi connectivity index (χ1v) is 12.3. The second-order valence-corrected chi connectivity index (χ2v) is 9.31. The third-order valence-electron chi connectivity index (χ3n) is 6.28. The zero-order valence-corrected chi connectivity index (χ0v) is 20.8. The molecule has 0 aliphatic carbocycles. The summed E-state index contributed by atoms with van der Waals surface area (Å²) in [4.78, 5) is 4.77. The van der Waals surface area contributed by atoms with Gasteiger partial charge in [0.1, 0.15) is 11.6 Å². The molecule has 0 aliphatic rings. The minimum atomic E-state index is -0.278. The summed E-state index contributed by atoms with van der Waals surface area (Å²) in [5.41, 5.74) is 6.22. The maximum absolute atomic E-state index is 13.4. The third kappa shape index (κ3) is 4.84. The summed E-state index contributed by atoms with van der Waals surface area (Å²) >= 11 is 6.12. The number of benzene rings is 4. The number of nitrogens with zero attached hydrogens (tertiary/aromatic N) is 3. The maximum atomic E-state index is 13.4. The van der Waals surface area contributed by atoms with Gasteiger partial charge in [-0.25, -0.2) is 13.5 Å². The van der Waals surface area contributed by atoms with E-state index in [4.69, 9.17) is 16.6 Å². The third-order valence-corrected chi connectivity index (χ3v) is 6.53. The number of hydrogen-bond donors (Lipinski definition) is 0. The molecule has 3 nitrogen and oxygen atoms in total. The molecule has 4 aromatic carbocycles. The molecule has 0 saturated heterocycles. The van der Waals surface area contributed by atoms with Crippen molar-refractivity contribution < 1.29 is 8.78 Å². The van der Waals surface area contributed by atoms with Crippen molar-refractivity contribution in [3.05, 3.63) is 136 Å². The molecule has 0 atom stereocenters. The summed E-state index contributed by atoms with van der Waals surface area (Å²) in [6.07, 6.45) is 11.5. The van der Waals surface area contributed by atoms with Gasteiger partial charge in [-0.05, 0) is 77.4 Å². The molecule has 6 aromatic rings. The van der Waals surface area contributed by atoms with Gasteiger partial charge in [-0.2, -0.15) is 5.10 Å². The molecule has 6 heteroatoms. The smallest absolute Gasteiger partial charge is 0.123 e. The molecule has 0 saturated carbocycles. The van der Waals surface area contributed by atoms with Crippen LogP contribution in [0.4, 0.5) is 8.78 Å². The predicted octanol–water partition coefficient (Wildman–Crippen LogP) is 8.85. The van der Waals surface area contributed by atoms with Crippen molar-refractivity contribution in [3.63, 3.8) is 0 Å². The Morgan fingerprint density at radius 3 is 1.92 bits per heavy atom. The largest absolute Gasteiger partial charge is 0.255 e. The highest BCUT2D eigenvalue weighted by Crippen LogP contribution is 2.31. The summed E-state index contributed by atoms with van der Waals surface area (Å²) in [6, 6.07) is 24.3. The van der Waals surface area contributed by atoms with E-state index in [1.54, 1.807) is 30.5 Å². The Kier molecular flexibility index (Phi) is 6.28. The molecule has 38 heavy (non-hydrogen) atoms. The van der Waals surface area contributed by atoms with Gasteiger partial charge < -0.3 is 0 Å². The van der Waals surface area contributed by atoms with Crippen LogP contribution in [-0.2, 0) is 0 Å². The molecule has 2 aromatic heterocycles. The number of aromatic nitrogens is 3. The lowest BCUT2D eigenvalue weighted by atomic mass is 10.0. The highest BCUT2D eigenvalue weighted by atomic mass is 35.5. The van der Waals surface area contributed by atoms with Crippen molar-refractivity contribution in [1.29, 1.82) is 0 Å². The minimum Gasteiger partial charge on any atom is -0.255 e. The lowest BCUT2D eigenvalue weighted by Gasteiger charge is -2.10. The van der Waals surface area contributed by atoms with Crippen LogP contribution in [0.1, 0.15) is 22.3 Å². The average Bonchev–Trinajstić information content (AvgIpc) is 3.37. The Hall–Kier alpha value is -4.61. The van der Waals surface area contributed by atoms with E-state index >= 15 is 0 Å². The lowest BCUT2D eigenvalue weighted by molar-refractivity contribution is 0.627. The summed E-state index contributed by atoms with van der Waals surface area (Å²) in [6.45, 7) is 0. The molecule has 184 valence electrons. The van der Waals surface area contributed by atoms with Crippen LogP contribution in [0.2, 0.25) is 5.02 Å². The molecule has 0 unspecified atom stereocenters. The highest BCUT2D eigenvalue weighted by Gasteiger charge is 2.13. The van der Waals surface area contributed by atoms with Crippen LogP contribution in [0.3, 0.4) is 0 Å². The van der Waals surface area contributed by atoms with Crippen molar-refractivity contribution >= 4 is 57.7 Å². The summed E-state index contributed by atoms with van der Waals surface area (Å²) in [5, 5.41) is 7.12. The second kappa shape index (κ2) is 10.0. The number of hydrogen-bond acceptors (Lipinski definition) is 2. The molecule has 6 rings (SSSR count). The first kappa shape index (κ1) is 23.8. The van der Waals surface area contributed by atoms with Crippen LogP contribution in [0.25, 0.3) is 51.8 Å². The van der Waals surface area contributed by atoms with Gasteiger partial charge in [0.15, 0.2) is 0 Å². The van der Waals surface area contributed by atoms with Crippen molar-refractivity contribution in [2.75, 3.05) is 0 Å². The van der Waals surface area contributed by atoms with Crippen molar-refractivity contribution in [2.24, 2.45) is 0 Å². The zero-order valence-electron chi connectivity index (χ0n) is 20.0. The molecule has 2 heterocycles. The maximum Gasteiger partial charge on any atom is 0.123 e. The fraction of sp³-hybridized carbons (Fsp3) is 0. The van der Waals surface area contributed by atoms with Crippen molar-refractivity contribution in [2.45, 2.75) is 0 Å². The number of rotatable bonds is 5. The summed E-state index contributed by atoms with van der Waals surface area (Å²) in [5.74, 6) is -0.551. The van der Waals surface area contributed by atoms with Crippen LogP contribution in [0.15, 0.2) is 97.3 Å². The molecule has 0 spiro atoms. The predicted molar refractivity (Wildman–Crippen MR) is 152 cm³/mol. The van der Waals surface area contributed by atoms with Crippen molar-refractivity contribution in [1.82, 2.24) is 14.8 Å². The average molecular weight is 520 g/mol. The summed E-state index contributed by atoms with van der Waals surface area (Å²) in [7, 11) is 0. The Morgan fingerprint density at radius 1 is 0.658 bits per heavy atom. The standard InChI is InChI=1S/C32H20ClF2N3/c33-26-9-15-29(16-10-26)38-32-25(20-37-38)19-36-31-24(8-3-22-6-13-28(35)14-7-22)17-23(18-30(31)32)2-1-21-4-11-27(34)12-5-21/h1-20H/b2-1+,8-3+. The van der Waals surface area contributed by atoms with E-state index in [1.807, 2.05) is 65.5 Å². The quantitative estimate of drug-likeness (QED) is 0.213. The van der Waals surface area contributed by atoms with E-state index < -0.39 is 0 Å². The highest BCUT2D eigenvalue weighted by molar-refractivity contribution is 6.30. The Bertz CT molecular complexity index is 1820. The van der Waals surface area contributed by atoms with Crippen LogP contribution >= 0.6 is 11.6 Å². The Balaban J connectivity index is 1.54. The van der Waals surface area contributed by atoms with Gasteiger partial charge in [-0.15, -0.1) is 0 Å². The molecule has 0 N–H and O–H groups in total. The SMILES string of the molecule is Fc1ccc(/C=C/c2cc(/C=C/c3ccc(F)cc3)c3ncc4cnn(-c5ccc(Cl)cc5)c4c3c2)cc1. The number of fused-ring (bicyclic) bond motifs is 3. The van der Waals surface area contributed by atoms with Gasteiger partial charge in [0.25, 0.3) is 0 Å². The molecule has 0 amide bonds. The Morgan fingerprint density at radius 2 is 1.26 bits per heavy atom. The van der Waals surface area contributed by atoms with Gasteiger partial charge in [0, 0.05) is 27.6 Å². The van der Waals surface area contributed by atoms with E-state index in [1.165, 1.54) is 24.3 Å². The normalized spacial score (nSPS) is 11.9. The molecular formula is C32H20ClF2N3. The molecule has 0 radical (unpaired) electrons. The van der Waals surface area contributed by atoms with Crippen LogP contribution in [0.5, 0.6) is 0 Å². The molecule has 0 fully saturated rings. The lowest BCUT2D eigenvalue weighted by Crippen LogP contribution is -1.97. The van der Waals surface area contributed by atoms with Crippen LogP contribution in [-0.4, -0.2) is 14.8 Å². The molecule has 0 aliphatic heterocycles. The monoisotopic (exact) mass is 519 g/mol. The minimum absolute atomic E-state index is 0.273. The van der Waals surface area contributed by atoms with Gasteiger partial charge in [-0.3, -0.25) is 4.98 Å². The van der Waals surface area contributed by atoms with Crippen LogP contribution < -0.4 is 0 Å². The van der Waals surface area contributed by atoms with E-state index in [2.05, 4.69) is 11.2 Å². The molecule has 0 bridgehead atoms. The topological polar surface area (TPSA) is 30.7 Å². The van der Waals surface area contributed by atoms with Crippen LogP contribution in [0, 0.1) is 11.6 Å².